The van der Waals surface area contributed by atoms with Crippen LogP contribution in [0.25, 0.3) is 5.69 Å². The first-order valence-electron chi connectivity index (χ1n) is 6.46. The molecule has 1 aromatic carbocycles. The number of nitrogens with zero attached hydrogens (tertiary/aromatic N) is 3. The second-order valence-electron chi connectivity index (χ2n) is 4.55. The minimum atomic E-state index is -0.107. The summed E-state index contributed by atoms with van der Waals surface area (Å²) in [5, 5.41) is 17.5. The van der Waals surface area contributed by atoms with E-state index >= 15 is 0 Å². The van der Waals surface area contributed by atoms with Crippen molar-refractivity contribution in [2.24, 2.45) is 0 Å². The van der Waals surface area contributed by atoms with Crippen LogP contribution in [0.1, 0.15) is 38.1 Å². The predicted octanol–water partition coefficient (Wildman–Crippen LogP) is 2.28. The number of hydrogen-bond donors (Lipinski definition) is 1. The average molecular weight is 261 g/mol. The van der Waals surface area contributed by atoms with Gasteiger partial charge in [0.1, 0.15) is 17.1 Å². The van der Waals surface area contributed by atoms with Gasteiger partial charge in [-0.25, -0.2) is 4.68 Å². The zero-order chi connectivity index (χ0) is 13.8. The van der Waals surface area contributed by atoms with Crippen molar-refractivity contribution in [2.45, 2.75) is 33.3 Å². The molecule has 0 fully saturated rings. The van der Waals surface area contributed by atoms with E-state index in [-0.39, 0.29) is 12.5 Å². The van der Waals surface area contributed by atoms with Crippen molar-refractivity contribution in [3.8, 4) is 11.4 Å². The topological polar surface area (TPSA) is 60.2 Å². The van der Waals surface area contributed by atoms with Gasteiger partial charge in [-0.2, -0.15) is 0 Å². The summed E-state index contributed by atoms with van der Waals surface area (Å²) in [4.78, 5) is 0. The second-order valence-corrected chi connectivity index (χ2v) is 4.55. The van der Waals surface area contributed by atoms with Gasteiger partial charge in [-0.3, -0.25) is 0 Å². The second kappa shape index (κ2) is 5.84. The molecule has 0 unspecified atom stereocenters. The summed E-state index contributed by atoms with van der Waals surface area (Å²) >= 11 is 0. The van der Waals surface area contributed by atoms with E-state index in [1.807, 2.05) is 31.2 Å². The Hall–Kier alpha value is -1.88. The first-order valence-corrected chi connectivity index (χ1v) is 6.46. The number of ether oxygens (including phenoxy) is 1. The molecule has 1 N–H and O–H groups in total. The van der Waals surface area contributed by atoms with E-state index in [1.165, 1.54) is 0 Å². The Morgan fingerprint density at radius 1 is 1.32 bits per heavy atom. The van der Waals surface area contributed by atoms with Crippen LogP contribution in [0, 0.1) is 0 Å². The minimum absolute atomic E-state index is 0.107. The smallest absolute Gasteiger partial charge is 0.145 e. The number of aliphatic hydroxyl groups excluding tert-OH is 1. The van der Waals surface area contributed by atoms with Crippen molar-refractivity contribution in [1.82, 2.24) is 15.0 Å². The van der Waals surface area contributed by atoms with Gasteiger partial charge in [0, 0.05) is 0 Å². The van der Waals surface area contributed by atoms with Gasteiger partial charge in [-0.05, 0) is 25.0 Å². The molecule has 0 atom stereocenters. The lowest BCUT2D eigenvalue weighted by molar-refractivity contribution is 0.275. The van der Waals surface area contributed by atoms with Gasteiger partial charge in [0.2, 0.25) is 0 Å². The molecule has 1 aromatic heterocycles. The van der Waals surface area contributed by atoms with Crippen LogP contribution in [-0.4, -0.2) is 26.7 Å². The van der Waals surface area contributed by atoms with Crippen LogP contribution in [0.2, 0.25) is 0 Å². The number of para-hydroxylation sites is 2. The molecule has 2 aromatic rings. The van der Waals surface area contributed by atoms with Gasteiger partial charge in [-0.1, -0.05) is 31.2 Å². The van der Waals surface area contributed by atoms with E-state index in [4.69, 9.17) is 4.74 Å². The van der Waals surface area contributed by atoms with Gasteiger partial charge in [0.15, 0.2) is 0 Å². The maximum absolute atomic E-state index is 9.35. The van der Waals surface area contributed by atoms with Gasteiger partial charge in [-0.15, -0.1) is 5.10 Å². The Labute approximate surface area is 112 Å². The normalized spacial score (nSPS) is 11.0. The molecule has 0 spiro atoms. The van der Waals surface area contributed by atoms with E-state index < -0.39 is 0 Å². The lowest BCUT2D eigenvalue weighted by Crippen LogP contribution is -2.08. The molecule has 5 nitrogen and oxygen atoms in total. The zero-order valence-electron chi connectivity index (χ0n) is 11.5. The van der Waals surface area contributed by atoms with Gasteiger partial charge >= 0.3 is 0 Å². The average Bonchev–Trinajstić information content (AvgIpc) is 2.83. The lowest BCUT2D eigenvalue weighted by Gasteiger charge is -2.14. The fraction of sp³-hybridized carbons (Fsp3) is 0.429. The van der Waals surface area contributed by atoms with E-state index in [0.717, 1.165) is 17.1 Å². The molecular formula is C14H19N3O2. The molecule has 0 bridgehead atoms. The molecule has 0 saturated carbocycles. The van der Waals surface area contributed by atoms with Crippen LogP contribution in [-0.2, 0) is 6.61 Å². The lowest BCUT2D eigenvalue weighted by atomic mass is 10.1. The monoisotopic (exact) mass is 261 g/mol. The molecule has 2 rings (SSSR count). The number of hydrogen-bond acceptors (Lipinski definition) is 4. The number of aromatic nitrogens is 3. The highest BCUT2D eigenvalue weighted by atomic mass is 16.5. The Morgan fingerprint density at radius 3 is 2.68 bits per heavy atom. The van der Waals surface area contributed by atoms with E-state index in [9.17, 15) is 5.11 Å². The summed E-state index contributed by atoms with van der Waals surface area (Å²) in [6.45, 7) is 6.54. The van der Waals surface area contributed by atoms with E-state index in [1.54, 1.807) is 4.68 Å². The van der Waals surface area contributed by atoms with Gasteiger partial charge < -0.3 is 9.84 Å². The van der Waals surface area contributed by atoms with E-state index in [0.29, 0.717) is 12.3 Å². The summed E-state index contributed by atoms with van der Waals surface area (Å²) < 4.78 is 7.37. The van der Waals surface area contributed by atoms with Gasteiger partial charge in [0.05, 0.1) is 18.9 Å². The number of benzene rings is 1. The van der Waals surface area contributed by atoms with Gasteiger partial charge in [0.25, 0.3) is 0 Å². The van der Waals surface area contributed by atoms with E-state index in [2.05, 4.69) is 24.2 Å². The first-order chi connectivity index (χ1) is 9.19. The van der Waals surface area contributed by atoms with Crippen LogP contribution in [0.5, 0.6) is 5.75 Å². The third-order valence-electron chi connectivity index (χ3n) is 2.87. The Bertz CT molecular complexity index is 549. The molecule has 5 heteroatoms. The highest BCUT2D eigenvalue weighted by Crippen LogP contribution is 2.27. The van der Waals surface area contributed by atoms with Crippen molar-refractivity contribution in [2.75, 3.05) is 6.61 Å². The Balaban J connectivity index is 2.56. The molecule has 0 radical (unpaired) electrons. The predicted molar refractivity (Wildman–Crippen MR) is 72.5 cm³/mol. The molecular weight excluding hydrogens is 242 g/mol. The summed E-state index contributed by atoms with van der Waals surface area (Å²) in [5.74, 6) is 0.980. The first kappa shape index (κ1) is 13.5. The molecule has 0 aliphatic heterocycles. The van der Waals surface area contributed by atoms with Crippen molar-refractivity contribution < 1.29 is 9.84 Å². The minimum Gasteiger partial charge on any atom is -0.492 e. The van der Waals surface area contributed by atoms with Crippen molar-refractivity contribution in [3.05, 3.63) is 35.7 Å². The fourth-order valence-electron chi connectivity index (χ4n) is 2.10. The summed E-state index contributed by atoms with van der Waals surface area (Å²) in [6.07, 6.45) is 0. The number of aliphatic hydroxyl groups is 1. The van der Waals surface area contributed by atoms with Crippen molar-refractivity contribution in [1.29, 1.82) is 0 Å². The fourth-order valence-corrected chi connectivity index (χ4v) is 2.10. The van der Waals surface area contributed by atoms with Crippen LogP contribution < -0.4 is 4.74 Å². The standard InChI is InChI=1S/C14H19N3O2/c1-4-19-13-8-6-5-7-12(13)17-14(10(2)3)11(9-18)15-16-17/h5-8,10,18H,4,9H2,1-3H3. The van der Waals surface area contributed by atoms with Crippen LogP contribution >= 0.6 is 0 Å². The SMILES string of the molecule is CCOc1ccccc1-n1nnc(CO)c1C(C)C. The zero-order valence-corrected chi connectivity index (χ0v) is 11.5. The quantitative estimate of drug-likeness (QED) is 0.897. The van der Waals surface area contributed by atoms with Crippen molar-refractivity contribution in [3.63, 3.8) is 0 Å². The summed E-state index contributed by atoms with van der Waals surface area (Å²) in [6, 6.07) is 7.70. The van der Waals surface area contributed by atoms with Crippen LogP contribution in [0.15, 0.2) is 24.3 Å². The molecule has 1 heterocycles. The maximum atomic E-state index is 9.35. The molecule has 0 amide bonds. The molecule has 102 valence electrons. The summed E-state index contributed by atoms with van der Waals surface area (Å²) in [5.41, 5.74) is 2.37. The molecule has 19 heavy (non-hydrogen) atoms. The highest BCUT2D eigenvalue weighted by Gasteiger charge is 2.18. The molecule has 0 aliphatic carbocycles. The molecule has 0 aliphatic rings. The number of rotatable bonds is 5. The van der Waals surface area contributed by atoms with Crippen LogP contribution in [0.3, 0.4) is 0 Å². The Kier molecular flexibility index (Phi) is 4.16. The highest BCUT2D eigenvalue weighted by molar-refractivity contribution is 5.47. The summed E-state index contributed by atoms with van der Waals surface area (Å²) in [7, 11) is 0. The maximum Gasteiger partial charge on any atom is 0.145 e. The third-order valence-corrected chi connectivity index (χ3v) is 2.87. The van der Waals surface area contributed by atoms with Crippen LogP contribution in [0.4, 0.5) is 0 Å². The van der Waals surface area contributed by atoms with Crippen molar-refractivity contribution >= 4 is 0 Å². The Morgan fingerprint density at radius 2 is 2.05 bits per heavy atom. The largest absolute Gasteiger partial charge is 0.492 e. The molecule has 0 saturated heterocycles. The third kappa shape index (κ3) is 2.61.